The number of halogens is 3. The van der Waals surface area contributed by atoms with Crippen LogP contribution in [-0.4, -0.2) is 81.2 Å². The van der Waals surface area contributed by atoms with Crippen molar-refractivity contribution >= 4 is 35.3 Å². The highest BCUT2D eigenvalue weighted by atomic mass is 19.4. The summed E-state index contributed by atoms with van der Waals surface area (Å²) in [5, 5.41) is 22.7. The predicted molar refractivity (Wildman–Crippen MR) is 132 cm³/mol. The van der Waals surface area contributed by atoms with E-state index in [0.717, 1.165) is 19.1 Å². The smallest absolute Gasteiger partial charge is 0.390 e. The van der Waals surface area contributed by atoms with E-state index in [0.29, 0.717) is 31.6 Å². The third-order valence-electron chi connectivity index (χ3n) is 6.15. The van der Waals surface area contributed by atoms with Crippen LogP contribution < -0.4 is 11.1 Å². The van der Waals surface area contributed by atoms with Gasteiger partial charge in [-0.15, -0.1) is 0 Å². The Morgan fingerprint density at radius 3 is 2.43 bits per heavy atom. The molecule has 2 heterocycles. The minimum Gasteiger partial charge on any atom is -0.390 e. The normalized spacial score (nSPS) is 18.0. The number of alkyl halides is 3. The molecule has 0 aliphatic carbocycles. The second-order valence-electron chi connectivity index (χ2n) is 9.80. The monoisotopic (exact) mass is 490 g/mol. The number of carbonyl (C=O) groups is 1. The minimum absolute atomic E-state index is 0.109. The van der Waals surface area contributed by atoms with Crippen LogP contribution in [0.25, 0.3) is 11.3 Å². The highest BCUT2D eigenvalue weighted by Crippen LogP contribution is 2.43. The highest BCUT2D eigenvalue weighted by Gasteiger charge is 2.58. The van der Waals surface area contributed by atoms with E-state index in [9.17, 15) is 28.2 Å². The van der Waals surface area contributed by atoms with Crippen LogP contribution in [0.1, 0.15) is 41.4 Å². The van der Waals surface area contributed by atoms with E-state index in [1.54, 1.807) is 0 Å². The van der Waals surface area contributed by atoms with Crippen molar-refractivity contribution in [2.24, 2.45) is 0 Å². The Morgan fingerprint density at radius 1 is 1.26 bits per heavy atom. The second-order valence-corrected chi connectivity index (χ2v) is 9.80. The van der Waals surface area contributed by atoms with Gasteiger partial charge in [-0.05, 0) is 31.4 Å². The van der Waals surface area contributed by atoms with E-state index >= 15 is 0 Å². The summed E-state index contributed by atoms with van der Waals surface area (Å²) < 4.78 is 46.8. The Balaban J connectivity index is 2.13. The molecule has 2 atom stereocenters. The molecule has 35 heavy (non-hydrogen) atoms. The van der Waals surface area contributed by atoms with Crippen LogP contribution >= 0.6 is 0 Å². The molecular formula is C21H28B3F3N4O4. The zero-order valence-corrected chi connectivity index (χ0v) is 20.1. The van der Waals surface area contributed by atoms with Crippen molar-refractivity contribution in [1.82, 2.24) is 15.3 Å². The van der Waals surface area contributed by atoms with Crippen LogP contribution in [0, 0.1) is 0 Å². The summed E-state index contributed by atoms with van der Waals surface area (Å²) in [6, 6.07) is 3.58. The molecule has 2 aromatic rings. The van der Waals surface area contributed by atoms with Gasteiger partial charge in [0.25, 0.3) is 5.91 Å². The van der Waals surface area contributed by atoms with Gasteiger partial charge in [-0.2, -0.15) is 13.2 Å². The van der Waals surface area contributed by atoms with Crippen LogP contribution in [0.2, 0.25) is 0 Å². The molecule has 2 unspecified atom stereocenters. The Bertz CT molecular complexity index is 1090. The number of aliphatic hydroxyl groups is 2. The molecule has 186 valence electrons. The first kappa shape index (κ1) is 27.0. The van der Waals surface area contributed by atoms with Gasteiger partial charge in [-0.3, -0.25) is 4.79 Å². The zero-order chi connectivity index (χ0) is 26.2. The molecule has 1 aliphatic heterocycles. The molecule has 1 aliphatic rings. The molecule has 0 radical (unpaired) electrons. The van der Waals surface area contributed by atoms with Crippen LogP contribution in [-0.2, 0) is 15.5 Å². The summed E-state index contributed by atoms with van der Waals surface area (Å²) in [6.45, 7) is 1.89. The number of rotatable bonds is 6. The quantitative estimate of drug-likeness (QED) is 0.374. The van der Waals surface area contributed by atoms with E-state index in [1.165, 1.54) is 12.3 Å². The van der Waals surface area contributed by atoms with Crippen LogP contribution in [0.5, 0.6) is 0 Å². The first-order chi connectivity index (χ1) is 16.2. The third kappa shape index (κ3) is 5.49. The van der Waals surface area contributed by atoms with E-state index < -0.39 is 34.5 Å². The lowest BCUT2D eigenvalue weighted by atomic mass is 9.39. The second kappa shape index (κ2) is 9.83. The zero-order valence-electron chi connectivity index (χ0n) is 20.1. The Kier molecular flexibility index (Phi) is 7.59. The molecular weight excluding hydrogens is 462 g/mol. The van der Waals surface area contributed by atoms with E-state index in [1.807, 2.05) is 23.5 Å². The molecule has 0 saturated carbocycles. The van der Waals surface area contributed by atoms with Crippen molar-refractivity contribution in [3.8, 4) is 11.3 Å². The molecule has 3 rings (SSSR count). The van der Waals surface area contributed by atoms with Crippen LogP contribution in [0.3, 0.4) is 0 Å². The summed E-state index contributed by atoms with van der Waals surface area (Å²) in [4.78, 5) is 21.3. The standard InChI is InChI=1S/C21H28B3F3N4O4/c1-10(32)19(34,21(25,26)27)11-2-3-14(20(22,23)24)13(8-11)15-9-29-17(28)16(31-15)18(33)30-12-4-6-35-7-5-12/h2-3,8-10,12,32,34H,4-7,22-24H2,1H3,(H2,28,29)(H,30,33). The van der Waals surface area contributed by atoms with Crippen molar-refractivity contribution in [1.29, 1.82) is 0 Å². The van der Waals surface area contributed by atoms with Crippen molar-refractivity contribution in [3.05, 3.63) is 41.2 Å². The average molecular weight is 490 g/mol. The average Bonchev–Trinajstić information content (AvgIpc) is 2.77. The van der Waals surface area contributed by atoms with Gasteiger partial charge in [0.05, 0.1) is 41.5 Å². The van der Waals surface area contributed by atoms with Gasteiger partial charge >= 0.3 is 6.18 Å². The lowest BCUT2D eigenvalue weighted by Gasteiger charge is -2.34. The molecule has 1 fully saturated rings. The summed E-state index contributed by atoms with van der Waals surface area (Å²) in [5.74, 6) is -0.671. The fourth-order valence-corrected chi connectivity index (χ4v) is 4.08. The number of carbonyl (C=O) groups excluding carboxylic acids is 1. The number of anilines is 1. The number of nitrogens with zero attached hydrogens (tertiary/aromatic N) is 2. The number of hydrogen-bond donors (Lipinski definition) is 4. The maximum atomic E-state index is 13.8. The lowest BCUT2D eigenvalue weighted by Crippen LogP contribution is -2.50. The highest BCUT2D eigenvalue weighted by molar-refractivity contribution is 6.59. The van der Waals surface area contributed by atoms with Gasteiger partial charge < -0.3 is 26.0 Å². The van der Waals surface area contributed by atoms with Gasteiger partial charge in [0.1, 0.15) is 0 Å². The Hall–Kier alpha value is -2.57. The van der Waals surface area contributed by atoms with Crippen molar-refractivity contribution in [3.63, 3.8) is 0 Å². The number of amides is 1. The van der Waals surface area contributed by atoms with Crippen LogP contribution in [0.15, 0.2) is 24.4 Å². The fraction of sp³-hybridized carbons (Fsp3) is 0.476. The van der Waals surface area contributed by atoms with Crippen LogP contribution in [0.4, 0.5) is 19.0 Å². The maximum Gasteiger partial charge on any atom is 0.424 e. The molecule has 1 aromatic carbocycles. The topological polar surface area (TPSA) is 131 Å². The number of nitrogens with one attached hydrogen (secondary N) is 1. The summed E-state index contributed by atoms with van der Waals surface area (Å²) in [7, 11) is 5.58. The van der Waals surface area contributed by atoms with E-state index in [2.05, 4.69) is 15.3 Å². The molecule has 14 heteroatoms. The molecule has 1 aromatic heterocycles. The molecule has 1 amide bonds. The number of benzene rings is 1. The van der Waals surface area contributed by atoms with E-state index in [-0.39, 0.29) is 28.8 Å². The number of hydrogen-bond acceptors (Lipinski definition) is 7. The number of aliphatic hydroxyl groups excluding tert-OH is 1. The van der Waals surface area contributed by atoms with Crippen molar-refractivity contribution < 1.29 is 32.9 Å². The van der Waals surface area contributed by atoms with Gasteiger partial charge in [0.15, 0.2) is 11.5 Å². The first-order valence-electron chi connectivity index (χ1n) is 11.3. The number of nitrogens with two attached hydrogens (primary N) is 1. The first-order valence-corrected chi connectivity index (χ1v) is 11.3. The fourth-order valence-electron chi connectivity index (χ4n) is 4.08. The number of nitrogen functional groups attached to an aromatic ring is 1. The lowest BCUT2D eigenvalue weighted by molar-refractivity contribution is -0.295. The van der Waals surface area contributed by atoms with Gasteiger partial charge in [0, 0.05) is 24.8 Å². The van der Waals surface area contributed by atoms with Gasteiger partial charge in [-0.25, -0.2) is 9.97 Å². The molecule has 1 saturated heterocycles. The largest absolute Gasteiger partial charge is 0.424 e. The summed E-state index contributed by atoms with van der Waals surface area (Å²) >= 11 is 0. The van der Waals surface area contributed by atoms with E-state index in [4.69, 9.17) is 10.5 Å². The maximum absolute atomic E-state index is 13.8. The van der Waals surface area contributed by atoms with Crippen molar-refractivity contribution in [2.75, 3.05) is 18.9 Å². The molecule has 0 bridgehead atoms. The van der Waals surface area contributed by atoms with Gasteiger partial charge in [-0.1, -0.05) is 22.8 Å². The molecule has 5 N–H and O–H groups in total. The SMILES string of the molecule is BC(B)(B)c1ccc(C(O)(C(C)O)C(F)(F)F)cc1-c1cnc(N)c(C(=O)NC2CCOCC2)n1. The Labute approximate surface area is 204 Å². The number of ether oxygens (including phenoxy) is 1. The Morgan fingerprint density at radius 2 is 1.89 bits per heavy atom. The predicted octanol–water partition coefficient (Wildman–Crippen LogP) is -1.23. The summed E-state index contributed by atoms with van der Waals surface area (Å²) in [6.07, 6.45) is -4.77. The van der Waals surface area contributed by atoms with Crippen molar-refractivity contribution in [2.45, 2.75) is 48.8 Å². The van der Waals surface area contributed by atoms with Gasteiger partial charge in [0.2, 0.25) is 5.60 Å². The molecule has 8 nitrogen and oxygen atoms in total. The third-order valence-corrected chi connectivity index (χ3v) is 6.15. The minimum atomic E-state index is -5.15. The summed E-state index contributed by atoms with van der Waals surface area (Å²) in [5.41, 5.74) is 2.63. The molecule has 0 spiro atoms. The number of aromatic nitrogens is 2.